The highest BCUT2D eigenvalue weighted by atomic mass is 19.1. The van der Waals surface area contributed by atoms with E-state index in [9.17, 15) is 34.0 Å². The van der Waals surface area contributed by atoms with Crippen LogP contribution in [0.5, 0.6) is 5.75 Å². The van der Waals surface area contributed by atoms with Crippen LogP contribution in [0.25, 0.3) is 0 Å². The minimum absolute atomic E-state index is 0.0390. The second kappa shape index (κ2) is 17.9. The number of rotatable bonds is 16. The number of hydrogen-bond acceptors (Lipinski definition) is 12. The second-order valence-electron chi connectivity index (χ2n) is 12.3. The summed E-state index contributed by atoms with van der Waals surface area (Å²) in [5.41, 5.74) is 0.597. The molecular formula is C32H47F2N5O8. The normalized spacial score (nSPS) is 19.0. The zero-order valence-corrected chi connectivity index (χ0v) is 26.8. The lowest BCUT2D eigenvalue weighted by atomic mass is 9.92. The Balaban J connectivity index is 1.15. The SMILES string of the molecule is COCc1cnc(N2CCC(CCCOc3cc(F)c(CC(=O)N4CCN(C[C@H](O)[C@@H](O)[C@H](O)C(O)CO)CC4)c(F)c3)CC2)nc1. The molecular weight excluding hydrogens is 620 g/mol. The second-order valence-corrected chi connectivity index (χ2v) is 12.3. The van der Waals surface area contributed by atoms with Crippen molar-refractivity contribution in [3.8, 4) is 5.75 Å². The smallest absolute Gasteiger partial charge is 0.227 e. The predicted octanol–water partition coefficient (Wildman–Crippen LogP) is 0.0994. The third-order valence-corrected chi connectivity index (χ3v) is 8.86. The van der Waals surface area contributed by atoms with E-state index in [2.05, 4.69) is 14.9 Å². The number of carbonyl (C=O) groups excluding carboxylic acids is 1. The molecule has 1 unspecified atom stereocenters. The van der Waals surface area contributed by atoms with Crippen molar-refractivity contribution in [2.75, 3.05) is 71.0 Å². The van der Waals surface area contributed by atoms with E-state index in [-0.39, 0.29) is 30.9 Å². The molecule has 5 N–H and O–H groups in total. The molecule has 2 saturated heterocycles. The van der Waals surface area contributed by atoms with E-state index in [1.165, 1.54) is 4.90 Å². The molecule has 4 atom stereocenters. The van der Waals surface area contributed by atoms with Gasteiger partial charge >= 0.3 is 0 Å². The van der Waals surface area contributed by atoms with Crippen molar-refractivity contribution >= 4 is 11.9 Å². The van der Waals surface area contributed by atoms with Crippen molar-refractivity contribution in [1.82, 2.24) is 19.8 Å². The summed E-state index contributed by atoms with van der Waals surface area (Å²) in [6.45, 7) is 2.82. The van der Waals surface area contributed by atoms with Crippen molar-refractivity contribution in [3.05, 3.63) is 47.3 Å². The van der Waals surface area contributed by atoms with Crippen molar-refractivity contribution in [1.29, 1.82) is 0 Å². The summed E-state index contributed by atoms with van der Waals surface area (Å²) in [5, 5.41) is 48.4. The molecule has 0 aliphatic carbocycles. The van der Waals surface area contributed by atoms with Crippen LogP contribution < -0.4 is 9.64 Å². The van der Waals surface area contributed by atoms with E-state index in [0.29, 0.717) is 38.2 Å². The largest absolute Gasteiger partial charge is 0.493 e. The maximum Gasteiger partial charge on any atom is 0.227 e. The number of nitrogens with zero attached hydrogens (tertiary/aromatic N) is 5. The molecule has 15 heteroatoms. The Labute approximate surface area is 273 Å². The van der Waals surface area contributed by atoms with Gasteiger partial charge in [-0.15, -0.1) is 0 Å². The number of aliphatic hydroxyl groups is 5. The highest BCUT2D eigenvalue weighted by Crippen LogP contribution is 2.26. The summed E-state index contributed by atoms with van der Waals surface area (Å²) in [7, 11) is 1.63. The van der Waals surface area contributed by atoms with Gasteiger partial charge in [0.15, 0.2) is 0 Å². The topological polar surface area (TPSA) is 172 Å². The lowest BCUT2D eigenvalue weighted by molar-refractivity contribution is -0.134. The number of methoxy groups -OCH3 is 1. The Morgan fingerprint density at radius 1 is 0.957 bits per heavy atom. The molecule has 4 rings (SSSR count). The van der Waals surface area contributed by atoms with Gasteiger partial charge < -0.3 is 44.8 Å². The van der Waals surface area contributed by atoms with Crippen LogP contribution >= 0.6 is 0 Å². The Bertz CT molecular complexity index is 1240. The molecule has 262 valence electrons. The summed E-state index contributed by atoms with van der Waals surface area (Å²) < 4.78 is 40.5. The molecule has 0 saturated carbocycles. The van der Waals surface area contributed by atoms with E-state index in [1.807, 2.05) is 0 Å². The van der Waals surface area contributed by atoms with E-state index in [4.69, 9.17) is 14.6 Å². The number of hydrogen-bond donors (Lipinski definition) is 5. The summed E-state index contributed by atoms with van der Waals surface area (Å²) in [6, 6.07) is 2.21. The highest BCUT2D eigenvalue weighted by Gasteiger charge is 2.32. The first kappa shape index (κ1) is 36.8. The van der Waals surface area contributed by atoms with Crippen LogP contribution in [-0.4, -0.2) is 142 Å². The molecule has 13 nitrogen and oxygen atoms in total. The number of anilines is 1. The van der Waals surface area contributed by atoms with Gasteiger partial charge in [-0.3, -0.25) is 9.69 Å². The van der Waals surface area contributed by atoms with Crippen LogP contribution in [0.2, 0.25) is 0 Å². The molecule has 0 spiro atoms. The van der Waals surface area contributed by atoms with Crippen LogP contribution in [0.4, 0.5) is 14.7 Å². The molecule has 1 amide bonds. The molecule has 2 aliphatic heterocycles. The van der Waals surface area contributed by atoms with E-state index < -0.39 is 55.0 Å². The number of amides is 1. The summed E-state index contributed by atoms with van der Waals surface area (Å²) in [6.07, 6.45) is 0.379. The van der Waals surface area contributed by atoms with Crippen molar-refractivity contribution in [2.24, 2.45) is 5.92 Å². The van der Waals surface area contributed by atoms with Gasteiger partial charge in [0.1, 0.15) is 35.7 Å². The number of benzene rings is 1. The summed E-state index contributed by atoms with van der Waals surface area (Å²) in [5.74, 6) is -0.838. The van der Waals surface area contributed by atoms with Gasteiger partial charge in [-0.2, -0.15) is 0 Å². The molecule has 1 aromatic carbocycles. The van der Waals surface area contributed by atoms with E-state index in [0.717, 1.165) is 56.5 Å². The number of ether oxygens (including phenoxy) is 2. The van der Waals surface area contributed by atoms with Gasteiger partial charge in [0.2, 0.25) is 11.9 Å². The number of piperazine rings is 1. The molecule has 2 fully saturated rings. The molecule has 1 aromatic heterocycles. The van der Waals surface area contributed by atoms with Gasteiger partial charge in [0.25, 0.3) is 0 Å². The number of aromatic nitrogens is 2. The lowest BCUT2D eigenvalue weighted by Gasteiger charge is -2.37. The Morgan fingerprint density at radius 2 is 1.57 bits per heavy atom. The highest BCUT2D eigenvalue weighted by molar-refractivity contribution is 5.79. The van der Waals surface area contributed by atoms with Gasteiger partial charge in [0, 0.05) is 88.6 Å². The summed E-state index contributed by atoms with van der Waals surface area (Å²) in [4.78, 5) is 27.1. The molecule has 47 heavy (non-hydrogen) atoms. The number of halogens is 2. The van der Waals surface area contributed by atoms with Crippen LogP contribution in [-0.2, 0) is 22.6 Å². The first-order valence-corrected chi connectivity index (χ1v) is 16.1. The third-order valence-electron chi connectivity index (χ3n) is 8.86. The van der Waals surface area contributed by atoms with Crippen molar-refractivity contribution in [2.45, 2.75) is 63.1 Å². The minimum Gasteiger partial charge on any atom is -0.493 e. The zero-order chi connectivity index (χ0) is 33.9. The fraction of sp³-hybridized carbons (Fsp3) is 0.656. The fourth-order valence-corrected chi connectivity index (χ4v) is 5.95. The van der Waals surface area contributed by atoms with Gasteiger partial charge in [-0.05, 0) is 31.6 Å². The van der Waals surface area contributed by atoms with Crippen LogP contribution in [0.3, 0.4) is 0 Å². The maximum absolute atomic E-state index is 14.9. The van der Waals surface area contributed by atoms with E-state index in [1.54, 1.807) is 24.4 Å². The van der Waals surface area contributed by atoms with Gasteiger partial charge in [-0.1, -0.05) is 0 Å². The molecule has 2 aromatic rings. The summed E-state index contributed by atoms with van der Waals surface area (Å²) >= 11 is 0. The fourth-order valence-electron chi connectivity index (χ4n) is 5.95. The van der Waals surface area contributed by atoms with Gasteiger partial charge in [-0.25, -0.2) is 18.7 Å². The third kappa shape index (κ3) is 10.5. The predicted molar refractivity (Wildman–Crippen MR) is 167 cm³/mol. The Hall–Kier alpha value is -3.05. The average Bonchev–Trinajstić information content (AvgIpc) is 3.08. The maximum atomic E-state index is 14.9. The van der Waals surface area contributed by atoms with E-state index >= 15 is 0 Å². The van der Waals surface area contributed by atoms with Crippen LogP contribution in [0, 0.1) is 17.6 Å². The van der Waals surface area contributed by atoms with Crippen molar-refractivity contribution in [3.63, 3.8) is 0 Å². The zero-order valence-electron chi connectivity index (χ0n) is 26.8. The average molecular weight is 668 g/mol. The van der Waals surface area contributed by atoms with Crippen LogP contribution in [0.15, 0.2) is 24.5 Å². The first-order valence-electron chi connectivity index (χ1n) is 16.1. The Morgan fingerprint density at radius 3 is 2.17 bits per heavy atom. The standard InChI is InChI=1S/C32H47F2N5O8/c1-46-20-22-16-35-32(36-17-22)39-6-4-21(5-7-39)3-2-12-47-23-13-25(33)24(26(34)14-23)15-29(43)38-10-8-37(9-11-38)18-27(41)30(44)31(45)28(42)19-40/h13-14,16-17,21,27-28,30-31,40-42,44-45H,2-12,15,18-20H2,1H3/t27-,28?,30+,31+/m0/s1. The van der Waals surface area contributed by atoms with Crippen LogP contribution in [0.1, 0.15) is 36.8 Å². The van der Waals surface area contributed by atoms with Gasteiger partial charge in [0.05, 0.1) is 32.3 Å². The minimum atomic E-state index is -1.72. The number of aliphatic hydroxyl groups excluding tert-OH is 5. The quantitative estimate of drug-likeness (QED) is 0.153. The number of carbonyl (C=O) groups is 1. The first-order chi connectivity index (χ1) is 22.6. The molecule has 0 bridgehead atoms. The molecule has 2 aliphatic rings. The number of β-amino-alcohol motifs (C(OH)–C–C–N with tert-alkyl or cyclic N) is 1. The molecule has 0 radical (unpaired) electrons. The molecule has 3 heterocycles. The lowest BCUT2D eigenvalue weighted by Crippen LogP contribution is -2.54. The Kier molecular flexibility index (Phi) is 14.0. The monoisotopic (exact) mass is 667 g/mol. The van der Waals surface area contributed by atoms with Crippen molar-refractivity contribution < 1.29 is 48.6 Å². The number of piperidine rings is 1.